The molecule has 8 heteroatoms. The summed E-state index contributed by atoms with van der Waals surface area (Å²) in [6.07, 6.45) is 5.12. The first-order valence-corrected chi connectivity index (χ1v) is 7.74. The maximum atomic E-state index is 13.6. The summed E-state index contributed by atoms with van der Waals surface area (Å²) in [5.74, 6) is 0.227. The second-order valence-electron chi connectivity index (χ2n) is 5.78. The number of halogens is 1. The molecule has 0 aliphatic carbocycles. The summed E-state index contributed by atoms with van der Waals surface area (Å²) in [6, 6.07) is 5.08. The van der Waals surface area contributed by atoms with Gasteiger partial charge < -0.3 is 15.2 Å². The minimum Gasteiger partial charge on any atom is -0.336 e. The van der Waals surface area contributed by atoms with E-state index in [1.54, 1.807) is 53.9 Å². The van der Waals surface area contributed by atoms with E-state index >= 15 is 0 Å². The lowest BCUT2D eigenvalue weighted by Gasteiger charge is -2.19. The molecule has 0 unspecified atom stereocenters. The van der Waals surface area contributed by atoms with Gasteiger partial charge in [-0.05, 0) is 24.6 Å². The van der Waals surface area contributed by atoms with Gasteiger partial charge in [-0.25, -0.2) is 14.2 Å². The Kier molecular flexibility index (Phi) is 4.51. The van der Waals surface area contributed by atoms with Gasteiger partial charge in [0.1, 0.15) is 17.7 Å². The molecule has 0 radical (unpaired) electrons. The molecule has 1 aromatic carbocycles. The van der Waals surface area contributed by atoms with Gasteiger partial charge in [0.15, 0.2) is 0 Å². The summed E-state index contributed by atoms with van der Waals surface area (Å²) in [7, 11) is 3.60. The zero-order valence-corrected chi connectivity index (χ0v) is 14.2. The van der Waals surface area contributed by atoms with Crippen LogP contribution in [0.1, 0.15) is 23.1 Å². The number of anilines is 1. The van der Waals surface area contributed by atoms with E-state index in [4.69, 9.17) is 0 Å². The first-order chi connectivity index (χ1) is 11.9. The van der Waals surface area contributed by atoms with Crippen LogP contribution in [0, 0.1) is 12.7 Å². The fraction of sp³-hybridized carbons (Fsp3) is 0.235. The van der Waals surface area contributed by atoms with Crippen LogP contribution in [0.4, 0.5) is 14.9 Å². The number of aryl methyl sites for hydroxylation is 3. The number of urea groups is 1. The molecule has 0 saturated heterocycles. The Morgan fingerprint density at radius 2 is 2.12 bits per heavy atom. The number of nitrogens with zero attached hydrogens (tertiary/aromatic N) is 4. The lowest BCUT2D eigenvalue weighted by atomic mass is 10.1. The Hall–Kier alpha value is -3.16. The average Bonchev–Trinajstić information content (AvgIpc) is 3.10. The van der Waals surface area contributed by atoms with Crippen LogP contribution in [0.2, 0.25) is 0 Å². The van der Waals surface area contributed by atoms with Crippen molar-refractivity contribution in [3.05, 3.63) is 65.8 Å². The van der Waals surface area contributed by atoms with E-state index in [-0.39, 0.29) is 5.82 Å². The summed E-state index contributed by atoms with van der Waals surface area (Å²) in [5.41, 5.74) is 1.92. The van der Waals surface area contributed by atoms with E-state index in [1.807, 2.05) is 7.05 Å². The summed E-state index contributed by atoms with van der Waals surface area (Å²) < 4.78 is 17.0. The lowest BCUT2D eigenvalue weighted by Crippen LogP contribution is -2.34. The van der Waals surface area contributed by atoms with Gasteiger partial charge in [0, 0.05) is 32.7 Å². The third-order valence-electron chi connectivity index (χ3n) is 3.84. The largest absolute Gasteiger partial charge is 0.336 e. The van der Waals surface area contributed by atoms with E-state index in [2.05, 4.69) is 20.7 Å². The normalized spacial score (nSPS) is 12.0. The van der Waals surface area contributed by atoms with Gasteiger partial charge in [0.05, 0.1) is 11.4 Å². The van der Waals surface area contributed by atoms with Gasteiger partial charge in [-0.3, -0.25) is 4.68 Å². The number of rotatable bonds is 4. The Morgan fingerprint density at radius 3 is 2.72 bits per heavy atom. The van der Waals surface area contributed by atoms with Crippen LogP contribution in [0.15, 0.2) is 42.9 Å². The van der Waals surface area contributed by atoms with Gasteiger partial charge >= 0.3 is 6.03 Å². The minimum absolute atomic E-state index is 0.373. The third kappa shape index (κ3) is 3.68. The minimum atomic E-state index is -0.590. The zero-order chi connectivity index (χ0) is 18.0. The first kappa shape index (κ1) is 16.7. The van der Waals surface area contributed by atoms with Gasteiger partial charge in [-0.2, -0.15) is 5.10 Å². The number of carbonyl (C=O) groups excluding carboxylic acids is 1. The van der Waals surface area contributed by atoms with E-state index < -0.39 is 12.1 Å². The van der Waals surface area contributed by atoms with Crippen LogP contribution in [-0.2, 0) is 14.1 Å². The molecule has 2 amide bonds. The summed E-state index contributed by atoms with van der Waals surface area (Å²) >= 11 is 0. The van der Waals surface area contributed by atoms with Crippen LogP contribution in [0.3, 0.4) is 0 Å². The molecule has 0 fully saturated rings. The van der Waals surface area contributed by atoms with Crippen molar-refractivity contribution in [1.82, 2.24) is 24.6 Å². The topological polar surface area (TPSA) is 76.8 Å². The summed E-state index contributed by atoms with van der Waals surface area (Å²) in [4.78, 5) is 16.7. The Balaban J connectivity index is 1.86. The number of amides is 2. The summed E-state index contributed by atoms with van der Waals surface area (Å²) in [6.45, 7) is 1.80. The molecule has 0 aliphatic rings. The van der Waals surface area contributed by atoms with Crippen LogP contribution < -0.4 is 10.6 Å². The monoisotopic (exact) mass is 342 g/mol. The van der Waals surface area contributed by atoms with Crippen LogP contribution >= 0.6 is 0 Å². The number of benzene rings is 1. The molecule has 7 nitrogen and oxygen atoms in total. The van der Waals surface area contributed by atoms with Crippen molar-refractivity contribution in [2.75, 3.05) is 5.32 Å². The van der Waals surface area contributed by atoms with Crippen molar-refractivity contribution < 1.29 is 9.18 Å². The smallest absolute Gasteiger partial charge is 0.320 e. The Bertz CT molecular complexity index is 900. The van der Waals surface area contributed by atoms with Crippen LogP contribution in [-0.4, -0.2) is 25.4 Å². The molecule has 130 valence electrons. The van der Waals surface area contributed by atoms with E-state index in [0.717, 1.165) is 0 Å². The Morgan fingerprint density at radius 1 is 1.32 bits per heavy atom. The lowest BCUT2D eigenvalue weighted by molar-refractivity contribution is 0.249. The SMILES string of the molecule is Cc1nn(C)cc1NC(=O)N[C@@H](c1cccc(F)c1)c1nccn1C. The van der Waals surface area contributed by atoms with Gasteiger partial charge in [0.25, 0.3) is 0 Å². The predicted octanol–water partition coefficient (Wildman–Crippen LogP) is 2.51. The number of aromatic nitrogens is 4. The molecule has 2 N–H and O–H groups in total. The number of imidazole rings is 1. The number of hydrogen-bond donors (Lipinski definition) is 2. The van der Waals surface area contributed by atoms with Gasteiger partial charge in [0.2, 0.25) is 0 Å². The molecule has 0 saturated carbocycles. The van der Waals surface area contributed by atoms with Gasteiger partial charge in [-0.1, -0.05) is 12.1 Å². The molecule has 0 spiro atoms. The third-order valence-corrected chi connectivity index (χ3v) is 3.84. The molecule has 0 aliphatic heterocycles. The Labute approximate surface area is 144 Å². The van der Waals surface area contributed by atoms with Crippen molar-refractivity contribution in [3.8, 4) is 0 Å². The highest BCUT2D eigenvalue weighted by atomic mass is 19.1. The second-order valence-corrected chi connectivity index (χ2v) is 5.78. The molecule has 25 heavy (non-hydrogen) atoms. The van der Waals surface area contributed by atoms with Crippen molar-refractivity contribution >= 4 is 11.7 Å². The highest BCUT2D eigenvalue weighted by molar-refractivity contribution is 5.90. The number of nitrogens with one attached hydrogen (secondary N) is 2. The molecule has 0 bridgehead atoms. The zero-order valence-electron chi connectivity index (χ0n) is 14.2. The van der Waals surface area contributed by atoms with E-state index in [0.29, 0.717) is 22.8 Å². The van der Waals surface area contributed by atoms with E-state index in [9.17, 15) is 9.18 Å². The summed E-state index contributed by atoms with van der Waals surface area (Å²) in [5, 5.41) is 9.80. The first-order valence-electron chi connectivity index (χ1n) is 7.74. The quantitative estimate of drug-likeness (QED) is 0.765. The number of hydrogen-bond acceptors (Lipinski definition) is 3. The highest BCUT2D eigenvalue weighted by Gasteiger charge is 2.21. The van der Waals surface area contributed by atoms with Crippen molar-refractivity contribution in [2.45, 2.75) is 13.0 Å². The maximum absolute atomic E-state index is 13.6. The van der Waals surface area contributed by atoms with Crippen LogP contribution in [0.25, 0.3) is 0 Å². The van der Waals surface area contributed by atoms with E-state index in [1.165, 1.54) is 12.1 Å². The maximum Gasteiger partial charge on any atom is 0.320 e. The average molecular weight is 342 g/mol. The van der Waals surface area contributed by atoms with Crippen molar-refractivity contribution in [1.29, 1.82) is 0 Å². The molecular weight excluding hydrogens is 323 g/mol. The standard InChI is InChI=1S/C17H19FN6O/c1-11-14(10-24(3)22-11)20-17(25)21-15(16-19-7-8-23(16)2)12-5-4-6-13(18)9-12/h4-10,15H,1-3H3,(H2,20,21,25)/t15-/m0/s1. The molecule has 3 rings (SSSR count). The molecule has 2 aromatic heterocycles. The van der Waals surface area contributed by atoms with Gasteiger partial charge in [-0.15, -0.1) is 0 Å². The molecule has 2 heterocycles. The van der Waals surface area contributed by atoms with Crippen LogP contribution in [0.5, 0.6) is 0 Å². The molecule has 1 atom stereocenters. The van der Waals surface area contributed by atoms with Crippen molar-refractivity contribution in [2.24, 2.45) is 14.1 Å². The highest BCUT2D eigenvalue weighted by Crippen LogP contribution is 2.21. The fourth-order valence-corrected chi connectivity index (χ4v) is 2.65. The molecular formula is C17H19FN6O. The second kappa shape index (κ2) is 6.76. The predicted molar refractivity (Wildman–Crippen MR) is 91.6 cm³/mol. The molecule has 3 aromatic rings. The fourth-order valence-electron chi connectivity index (χ4n) is 2.65. The number of carbonyl (C=O) groups is 1. The van der Waals surface area contributed by atoms with Crippen molar-refractivity contribution in [3.63, 3.8) is 0 Å².